The SMILES string of the molecule is O=C(NC1=NC[C@H]2CNC[C@]2(c2cccc(Br)c2)S1)c1ccccc1. The van der Waals surface area contributed by atoms with Crippen molar-refractivity contribution in [1.29, 1.82) is 0 Å². The second kappa shape index (κ2) is 6.94. The second-order valence-electron chi connectivity index (χ2n) is 6.30. The number of thioether (sulfide) groups is 1. The molecule has 1 saturated heterocycles. The smallest absolute Gasteiger partial charge is 0.257 e. The Kier molecular flexibility index (Phi) is 4.67. The number of nitrogens with zero attached hydrogens (tertiary/aromatic N) is 1. The van der Waals surface area contributed by atoms with E-state index in [4.69, 9.17) is 0 Å². The van der Waals surface area contributed by atoms with Crippen LogP contribution in [0.5, 0.6) is 0 Å². The van der Waals surface area contributed by atoms with Gasteiger partial charge >= 0.3 is 0 Å². The summed E-state index contributed by atoms with van der Waals surface area (Å²) in [6.45, 7) is 2.54. The van der Waals surface area contributed by atoms with Crippen molar-refractivity contribution in [3.05, 3.63) is 70.2 Å². The molecule has 4 rings (SSSR count). The molecule has 2 atom stereocenters. The molecule has 0 unspecified atom stereocenters. The lowest BCUT2D eigenvalue weighted by Crippen LogP contribution is -2.42. The monoisotopic (exact) mass is 415 g/mol. The summed E-state index contributed by atoms with van der Waals surface area (Å²) in [5, 5.41) is 7.20. The van der Waals surface area contributed by atoms with Crippen molar-refractivity contribution < 1.29 is 4.79 Å². The Bertz CT molecular complexity index is 826. The fourth-order valence-electron chi connectivity index (χ4n) is 3.44. The van der Waals surface area contributed by atoms with E-state index in [-0.39, 0.29) is 10.7 Å². The fourth-order valence-corrected chi connectivity index (χ4v) is 5.21. The van der Waals surface area contributed by atoms with Crippen LogP contribution in [-0.4, -0.2) is 30.7 Å². The number of halogens is 1. The molecule has 1 amide bonds. The molecule has 2 N–H and O–H groups in total. The van der Waals surface area contributed by atoms with Crippen LogP contribution in [0.3, 0.4) is 0 Å². The Labute approximate surface area is 159 Å². The van der Waals surface area contributed by atoms with Gasteiger partial charge in [0, 0.05) is 35.6 Å². The highest BCUT2D eigenvalue weighted by molar-refractivity contribution is 9.10. The van der Waals surface area contributed by atoms with E-state index in [1.54, 1.807) is 11.8 Å². The maximum atomic E-state index is 12.5. The first-order chi connectivity index (χ1) is 12.2. The van der Waals surface area contributed by atoms with Crippen LogP contribution in [0.2, 0.25) is 0 Å². The summed E-state index contributed by atoms with van der Waals surface area (Å²) in [5.41, 5.74) is 1.91. The summed E-state index contributed by atoms with van der Waals surface area (Å²) >= 11 is 5.25. The van der Waals surface area contributed by atoms with Gasteiger partial charge in [-0.25, -0.2) is 0 Å². The van der Waals surface area contributed by atoms with Crippen LogP contribution in [0, 0.1) is 5.92 Å². The van der Waals surface area contributed by atoms with Crippen molar-refractivity contribution in [2.45, 2.75) is 4.75 Å². The van der Waals surface area contributed by atoms with E-state index in [1.807, 2.05) is 36.4 Å². The number of fused-ring (bicyclic) bond motifs is 1. The molecule has 2 heterocycles. The van der Waals surface area contributed by atoms with Crippen LogP contribution in [0.15, 0.2) is 64.1 Å². The molecule has 0 aromatic heterocycles. The molecule has 128 valence electrons. The molecular weight excluding hydrogens is 398 g/mol. The van der Waals surface area contributed by atoms with Gasteiger partial charge in [0.15, 0.2) is 5.17 Å². The molecule has 2 aliphatic heterocycles. The Morgan fingerprint density at radius 3 is 2.88 bits per heavy atom. The van der Waals surface area contributed by atoms with Gasteiger partial charge in [0.1, 0.15) is 0 Å². The molecule has 0 saturated carbocycles. The van der Waals surface area contributed by atoms with Crippen molar-refractivity contribution in [3.63, 3.8) is 0 Å². The standard InChI is InChI=1S/C19H18BrN3OS/c20-16-8-4-7-14(9-16)19-12-21-10-15(19)11-22-18(25-19)23-17(24)13-5-2-1-3-6-13/h1-9,15,21H,10-12H2,(H,22,23,24)/t15-,19-/m1/s1. The quantitative estimate of drug-likeness (QED) is 0.789. The molecule has 2 aromatic rings. The van der Waals surface area contributed by atoms with E-state index in [2.05, 4.69) is 49.8 Å². The molecule has 0 spiro atoms. The van der Waals surface area contributed by atoms with Gasteiger partial charge in [-0.05, 0) is 29.8 Å². The lowest BCUT2D eigenvalue weighted by molar-refractivity contribution is 0.0977. The van der Waals surface area contributed by atoms with Crippen molar-refractivity contribution in [2.24, 2.45) is 10.9 Å². The number of hydrogen-bond acceptors (Lipinski definition) is 4. The highest BCUT2D eigenvalue weighted by atomic mass is 79.9. The minimum atomic E-state index is -0.111. The number of amides is 1. The topological polar surface area (TPSA) is 53.5 Å². The van der Waals surface area contributed by atoms with E-state index >= 15 is 0 Å². The fraction of sp³-hybridized carbons (Fsp3) is 0.263. The van der Waals surface area contributed by atoms with E-state index in [1.165, 1.54) is 5.56 Å². The first kappa shape index (κ1) is 16.8. The number of benzene rings is 2. The number of carbonyl (C=O) groups excluding carboxylic acids is 1. The summed E-state index contributed by atoms with van der Waals surface area (Å²) in [6, 6.07) is 17.7. The third kappa shape index (κ3) is 3.26. The van der Waals surface area contributed by atoms with Crippen molar-refractivity contribution >= 4 is 38.8 Å². The van der Waals surface area contributed by atoms with Gasteiger partial charge in [-0.2, -0.15) is 0 Å². The number of rotatable bonds is 2. The lowest BCUT2D eigenvalue weighted by atomic mass is 9.87. The van der Waals surface area contributed by atoms with E-state index < -0.39 is 0 Å². The molecule has 0 bridgehead atoms. The summed E-state index contributed by atoms with van der Waals surface area (Å²) in [6.07, 6.45) is 0. The number of hydrogen-bond donors (Lipinski definition) is 2. The van der Waals surface area contributed by atoms with Gasteiger partial charge in [0.25, 0.3) is 5.91 Å². The van der Waals surface area contributed by atoms with Crippen molar-refractivity contribution in [2.75, 3.05) is 19.6 Å². The van der Waals surface area contributed by atoms with Crippen LogP contribution in [0.1, 0.15) is 15.9 Å². The number of nitrogens with one attached hydrogen (secondary N) is 2. The Hall–Kier alpha value is -1.63. The average molecular weight is 416 g/mol. The first-order valence-electron chi connectivity index (χ1n) is 8.24. The molecule has 1 fully saturated rings. The predicted molar refractivity (Wildman–Crippen MR) is 106 cm³/mol. The second-order valence-corrected chi connectivity index (χ2v) is 8.53. The first-order valence-corrected chi connectivity index (χ1v) is 9.85. The van der Waals surface area contributed by atoms with Gasteiger partial charge in [-0.15, -0.1) is 0 Å². The third-order valence-electron chi connectivity index (χ3n) is 4.74. The largest absolute Gasteiger partial charge is 0.315 e. The van der Waals surface area contributed by atoms with E-state index in [0.29, 0.717) is 16.6 Å². The normalized spacial score (nSPS) is 25.2. The lowest BCUT2D eigenvalue weighted by Gasteiger charge is -2.37. The van der Waals surface area contributed by atoms with Crippen molar-refractivity contribution in [3.8, 4) is 0 Å². The number of carbonyl (C=O) groups is 1. The minimum absolute atomic E-state index is 0.0924. The molecule has 2 aliphatic rings. The highest BCUT2D eigenvalue weighted by Crippen LogP contribution is 2.48. The number of aliphatic imine (C=N–C) groups is 1. The molecule has 0 aliphatic carbocycles. The Balaban J connectivity index is 1.59. The van der Waals surface area contributed by atoms with Crippen LogP contribution >= 0.6 is 27.7 Å². The third-order valence-corrected chi connectivity index (χ3v) is 6.74. The predicted octanol–water partition coefficient (Wildman–Crippen LogP) is 3.40. The summed E-state index contributed by atoms with van der Waals surface area (Å²) in [4.78, 5) is 17.1. The van der Waals surface area contributed by atoms with Crippen molar-refractivity contribution in [1.82, 2.24) is 10.6 Å². The van der Waals surface area contributed by atoms with Gasteiger partial charge in [-0.3, -0.25) is 9.79 Å². The highest BCUT2D eigenvalue weighted by Gasteiger charge is 2.48. The zero-order chi connectivity index (χ0) is 17.3. The van der Waals surface area contributed by atoms with Gasteiger partial charge in [-0.1, -0.05) is 58.0 Å². The molecular formula is C19H18BrN3OS. The Morgan fingerprint density at radius 2 is 2.08 bits per heavy atom. The van der Waals surface area contributed by atoms with E-state index in [9.17, 15) is 4.79 Å². The molecule has 2 aromatic carbocycles. The number of amidine groups is 1. The van der Waals surface area contributed by atoms with Crippen LogP contribution in [-0.2, 0) is 4.75 Å². The molecule has 25 heavy (non-hydrogen) atoms. The van der Waals surface area contributed by atoms with Gasteiger partial charge < -0.3 is 10.6 Å². The molecule has 0 radical (unpaired) electrons. The zero-order valence-corrected chi connectivity index (χ0v) is 15.9. The molecule has 4 nitrogen and oxygen atoms in total. The maximum absolute atomic E-state index is 12.5. The minimum Gasteiger partial charge on any atom is -0.315 e. The summed E-state index contributed by atoms with van der Waals surface area (Å²) in [7, 11) is 0. The zero-order valence-electron chi connectivity index (χ0n) is 13.5. The molecule has 6 heteroatoms. The maximum Gasteiger partial charge on any atom is 0.257 e. The summed E-state index contributed by atoms with van der Waals surface area (Å²) in [5.74, 6) is 0.310. The van der Waals surface area contributed by atoms with Crippen LogP contribution in [0.4, 0.5) is 0 Å². The van der Waals surface area contributed by atoms with Gasteiger partial charge in [0.05, 0.1) is 4.75 Å². The summed E-state index contributed by atoms with van der Waals surface area (Å²) < 4.78 is 0.980. The average Bonchev–Trinajstić information content (AvgIpc) is 3.07. The van der Waals surface area contributed by atoms with Gasteiger partial charge in [0.2, 0.25) is 0 Å². The Morgan fingerprint density at radius 1 is 1.24 bits per heavy atom. The van der Waals surface area contributed by atoms with Crippen LogP contribution in [0.25, 0.3) is 0 Å². The van der Waals surface area contributed by atoms with E-state index in [0.717, 1.165) is 24.1 Å². The van der Waals surface area contributed by atoms with Crippen LogP contribution < -0.4 is 10.6 Å².